The minimum Gasteiger partial charge on any atom is -0.463 e. The lowest BCUT2D eigenvalue weighted by atomic mass is 9.95. The molecule has 0 aromatic carbocycles. The molecule has 0 unspecified atom stereocenters. The van der Waals surface area contributed by atoms with E-state index in [-0.39, 0.29) is 24.8 Å². The van der Waals surface area contributed by atoms with Gasteiger partial charge in [-0.15, -0.1) is 0 Å². The van der Waals surface area contributed by atoms with E-state index >= 15 is 0 Å². The second-order valence-electron chi connectivity index (χ2n) is 4.28. The molecule has 0 aliphatic heterocycles. The fourth-order valence-corrected chi connectivity index (χ4v) is 1.88. The highest BCUT2D eigenvalue weighted by molar-refractivity contribution is 5.75. The summed E-state index contributed by atoms with van der Waals surface area (Å²) in [5.74, 6) is -1.34. The Hall–Kier alpha value is -1.59. The van der Waals surface area contributed by atoms with Crippen LogP contribution in [0.15, 0.2) is 0 Å². The number of hydrogen-bond acceptors (Lipinski definition) is 6. The summed E-state index contributed by atoms with van der Waals surface area (Å²) in [6.07, 6.45) is 2.43. The molecular formula is C12H18O6. The Morgan fingerprint density at radius 2 is 1.39 bits per heavy atom. The Labute approximate surface area is 106 Å². The quantitative estimate of drug-likeness (QED) is 0.552. The highest BCUT2D eigenvalue weighted by atomic mass is 16.6. The smallest absolute Gasteiger partial charge is 0.344 e. The first-order chi connectivity index (χ1) is 8.47. The molecule has 1 rings (SSSR count). The Balaban J connectivity index is 2.20. The molecule has 1 saturated carbocycles. The van der Waals surface area contributed by atoms with Crippen LogP contribution >= 0.6 is 0 Å². The van der Waals surface area contributed by atoms with Crippen LogP contribution < -0.4 is 0 Å². The normalized spacial score (nSPS) is 23.0. The van der Waals surface area contributed by atoms with Crippen molar-refractivity contribution in [1.82, 2.24) is 0 Å². The van der Waals surface area contributed by atoms with Crippen LogP contribution in [0.4, 0.5) is 0 Å². The minimum atomic E-state index is -0.541. The molecular weight excluding hydrogens is 240 g/mol. The average Bonchev–Trinajstić information content (AvgIpc) is 2.28. The van der Waals surface area contributed by atoms with Gasteiger partial charge in [0.2, 0.25) is 0 Å². The summed E-state index contributed by atoms with van der Waals surface area (Å²) in [7, 11) is 0. The maximum absolute atomic E-state index is 11.3. The second-order valence-corrected chi connectivity index (χ2v) is 4.28. The summed E-state index contributed by atoms with van der Waals surface area (Å²) < 4.78 is 14.7. The van der Waals surface area contributed by atoms with Crippen LogP contribution in [-0.4, -0.2) is 36.7 Å². The lowest BCUT2D eigenvalue weighted by Crippen LogP contribution is -2.30. The molecule has 0 saturated heterocycles. The molecule has 0 heterocycles. The van der Waals surface area contributed by atoms with E-state index in [1.54, 1.807) is 0 Å². The molecule has 0 atom stereocenters. The van der Waals surface area contributed by atoms with E-state index in [4.69, 9.17) is 9.47 Å². The molecule has 0 aromatic rings. The van der Waals surface area contributed by atoms with Gasteiger partial charge in [0, 0.05) is 13.8 Å². The number of hydrogen-bond donors (Lipinski definition) is 0. The van der Waals surface area contributed by atoms with Gasteiger partial charge >= 0.3 is 17.9 Å². The van der Waals surface area contributed by atoms with Gasteiger partial charge in [0.1, 0.15) is 12.2 Å². The maximum Gasteiger partial charge on any atom is 0.344 e. The number of esters is 3. The van der Waals surface area contributed by atoms with E-state index in [2.05, 4.69) is 4.74 Å². The van der Waals surface area contributed by atoms with Crippen molar-refractivity contribution in [1.29, 1.82) is 0 Å². The second kappa shape index (κ2) is 6.98. The Morgan fingerprint density at radius 1 is 0.889 bits per heavy atom. The topological polar surface area (TPSA) is 78.9 Å². The lowest BCUT2D eigenvalue weighted by molar-refractivity contribution is -0.164. The van der Waals surface area contributed by atoms with Crippen molar-refractivity contribution in [2.24, 2.45) is 0 Å². The van der Waals surface area contributed by atoms with E-state index in [1.165, 1.54) is 13.8 Å². The van der Waals surface area contributed by atoms with Crippen molar-refractivity contribution in [2.75, 3.05) is 6.61 Å². The van der Waals surface area contributed by atoms with Gasteiger partial charge in [0.05, 0.1) is 0 Å². The van der Waals surface area contributed by atoms with E-state index in [1.807, 2.05) is 0 Å². The number of rotatable bonds is 4. The fourth-order valence-electron chi connectivity index (χ4n) is 1.88. The van der Waals surface area contributed by atoms with Gasteiger partial charge in [-0.2, -0.15) is 0 Å². The van der Waals surface area contributed by atoms with Crippen molar-refractivity contribution in [3.8, 4) is 0 Å². The van der Waals surface area contributed by atoms with Crippen LogP contribution in [0.5, 0.6) is 0 Å². The minimum absolute atomic E-state index is 0.0779. The van der Waals surface area contributed by atoms with E-state index in [0.29, 0.717) is 25.7 Å². The standard InChI is InChI=1S/C12H18O6/c1-8(13)16-7-12(15)18-11-5-3-10(4-6-11)17-9(2)14/h10-11H,3-7H2,1-2H3. The highest BCUT2D eigenvalue weighted by Crippen LogP contribution is 2.23. The molecule has 0 bridgehead atoms. The predicted octanol–water partition coefficient (Wildman–Crippen LogP) is 0.967. The van der Waals surface area contributed by atoms with Gasteiger partial charge in [-0.1, -0.05) is 0 Å². The summed E-state index contributed by atoms with van der Waals surface area (Å²) in [4.78, 5) is 32.6. The molecule has 18 heavy (non-hydrogen) atoms. The monoisotopic (exact) mass is 258 g/mol. The van der Waals surface area contributed by atoms with Gasteiger partial charge in [0.15, 0.2) is 6.61 Å². The molecule has 6 nitrogen and oxygen atoms in total. The molecule has 102 valence electrons. The zero-order chi connectivity index (χ0) is 13.5. The molecule has 6 heteroatoms. The summed E-state index contributed by atoms with van der Waals surface area (Å²) in [6.45, 7) is 2.27. The van der Waals surface area contributed by atoms with Crippen LogP contribution in [-0.2, 0) is 28.6 Å². The van der Waals surface area contributed by atoms with Gasteiger partial charge in [-0.3, -0.25) is 9.59 Å². The average molecular weight is 258 g/mol. The van der Waals surface area contributed by atoms with Crippen molar-refractivity contribution in [2.45, 2.75) is 51.7 Å². The van der Waals surface area contributed by atoms with Gasteiger partial charge in [-0.25, -0.2) is 4.79 Å². The fraction of sp³-hybridized carbons (Fsp3) is 0.750. The molecule has 0 amide bonds. The van der Waals surface area contributed by atoms with E-state index in [9.17, 15) is 14.4 Å². The third kappa shape index (κ3) is 5.65. The molecule has 1 fully saturated rings. The SMILES string of the molecule is CC(=O)OCC(=O)OC1CCC(OC(C)=O)CC1. The van der Waals surface area contributed by atoms with Crippen LogP contribution in [0.1, 0.15) is 39.5 Å². The highest BCUT2D eigenvalue weighted by Gasteiger charge is 2.25. The van der Waals surface area contributed by atoms with Gasteiger partial charge in [-0.05, 0) is 25.7 Å². The predicted molar refractivity (Wildman–Crippen MR) is 60.5 cm³/mol. The summed E-state index contributed by atoms with van der Waals surface area (Å²) >= 11 is 0. The van der Waals surface area contributed by atoms with Crippen LogP contribution in [0.3, 0.4) is 0 Å². The van der Waals surface area contributed by atoms with E-state index < -0.39 is 11.9 Å². The van der Waals surface area contributed by atoms with Crippen LogP contribution in [0.2, 0.25) is 0 Å². The molecule has 0 spiro atoms. The van der Waals surface area contributed by atoms with E-state index in [0.717, 1.165) is 0 Å². The first kappa shape index (κ1) is 14.5. The molecule has 1 aliphatic rings. The largest absolute Gasteiger partial charge is 0.463 e. The lowest BCUT2D eigenvalue weighted by Gasteiger charge is -2.27. The number of ether oxygens (including phenoxy) is 3. The first-order valence-corrected chi connectivity index (χ1v) is 5.97. The molecule has 1 aliphatic carbocycles. The molecule has 0 aromatic heterocycles. The zero-order valence-electron chi connectivity index (χ0n) is 10.6. The first-order valence-electron chi connectivity index (χ1n) is 5.97. The van der Waals surface area contributed by atoms with Crippen LogP contribution in [0, 0.1) is 0 Å². The van der Waals surface area contributed by atoms with Crippen molar-refractivity contribution in [3.05, 3.63) is 0 Å². The summed E-state index contributed by atoms with van der Waals surface area (Å²) in [5.41, 5.74) is 0. The number of carbonyl (C=O) groups excluding carboxylic acids is 3. The third-order valence-electron chi connectivity index (χ3n) is 2.65. The Morgan fingerprint density at radius 3 is 1.83 bits per heavy atom. The van der Waals surface area contributed by atoms with Crippen molar-refractivity contribution < 1.29 is 28.6 Å². The Bertz CT molecular complexity index is 317. The zero-order valence-corrected chi connectivity index (χ0v) is 10.6. The molecule has 0 N–H and O–H groups in total. The summed E-state index contributed by atoms with van der Waals surface area (Å²) in [6, 6.07) is 0. The molecule has 0 radical (unpaired) electrons. The summed E-state index contributed by atoms with van der Waals surface area (Å²) in [5, 5.41) is 0. The van der Waals surface area contributed by atoms with Gasteiger partial charge in [0.25, 0.3) is 0 Å². The maximum atomic E-state index is 11.3. The number of carbonyl (C=O) groups is 3. The Kier molecular flexibility index (Phi) is 5.61. The van der Waals surface area contributed by atoms with Crippen molar-refractivity contribution >= 4 is 17.9 Å². The third-order valence-corrected chi connectivity index (χ3v) is 2.65. The van der Waals surface area contributed by atoms with Gasteiger partial charge < -0.3 is 14.2 Å². The van der Waals surface area contributed by atoms with Crippen LogP contribution in [0.25, 0.3) is 0 Å². The van der Waals surface area contributed by atoms with Crippen molar-refractivity contribution in [3.63, 3.8) is 0 Å².